The number of para-hydroxylation sites is 2. The van der Waals surface area contributed by atoms with E-state index < -0.39 is 0 Å². The largest absolute Gasteiger partial charge is 0.507 e. The lowest BCUT2D eigenvalue weighted by Crippen LogP contribution is -2.20. The van der Waals surface area contributed by atoms with Gasteiger partial charge in [-0.3, -0.25) is 4.79 Å². The van der Waals surface area contributed by atoms with Gasteiger partial charge in [-0.1, -0.05) is 54.1 Å². The third-order valence-corrected chi connectivity index (χ3v) is 4.31. The van der Waals surface area contributed by atoms with E-state index in [1.807, 2.05) is 43.3 Å². The molecule has 0 radical (unpaired) electrons. The SMILES string of the molecule is Cc1ccc(-c2nc3ccccc3c(=O)n2N=Cc2ccccc2O)cc1. The number of aromatic hydroxyl groups is 1. The van der Waals surface area contributed by atoms with E-state index in [4.69, 9.17) is 0 Å². The normalized spacial score (nSPS) is 11.3. The zero-order valence-corrected chi connectivity index (χ0v) is 14.7. The number of hydrogen-bond donors (Lipinski definition) is 1. The van der Waals surface area contributed by atoms with E-state index in [1.54, 1.807) is 36.4 Å². The van der Waals surface area contributed by atoms with E-state index in [2.05, 4.69) is 10.1 Å². The summed E-state index contributed by atoms with van der Waals surface area (Å²) in [4.78, 5) is 17.7. The number of benzene rings is 3. The monoisotopic (exact) mass is 355 g/mol. The number of fused-ring (bicyclic) bond motifs is 1. The number of nitrogens with zero attached hydrogens (tertiary/aromatic N) is 3. The molecule has 0 bridgehead atoms. The molecule has 3 aromatic carbocycles. The number of aryl methyl sites for hydroxylation is 1. The number of hydrogen-bond acceptors (Lipinski definition) is 4. The smallest absolute Gasteiger partial charge is 0.282 e. The zero-order valence-electron chi connectivity index (χ0n) is 14.7. The lowest BCUT2D eigenvalue weighted by molar-refractivity contribution is 0.474. The lowest BCUT2D eigenvalue weighted by atomic mass is 10.1. The first-order valence-corrected chi connectivity index (χ1v) is 8.55. The third-order valence-electron chi connectivity index (χ3n) is 4.31. The van der Waals surface area contributed by atoms with Crippen molar-refractivity contribution >= 4 is 17.1 Å². The summed E-state index contributed by atoms with van der Waals surface area (Å²) in [5.74, 6) is 0.547. The van der Waals surface area contributed by atoms with Crippen molar-refractivity contribution in [3.63, 3.8) is 0 Å². The van der Waals surface area contributed by atoms with Crippen molar-refractivity contribution in [3.8, 4) is 17.1 Å². The van der Waals surface area contributed by atoms with Crippen molar-refractivity contribution in [3.05, 3.63) is 94.3 Å². The van der Waals surface area contributed by atoms with Crippen molar-refractivity contribution in [1.82, 2.24) is 9.66 Å². The molecule has 0 spiro atoms. The predicted molar refractivity (Wildman–Crippen MR) is 107 cm³/mol. The van der Waals surface area contributed by atoms with Crippen molar-refractivity contribution in [2.45, 2.75) is 6.92 Å². The van der Waals surface area contributed by atoms with Crippen LogP contribution in [0.4, 0.5) is 0 Å². The molecule has 1 aromatic heterocycles. The van der Waals surface area contributed by atoms with Crippen LogP contribution in [0.2, 0.25) is 0 Å². The van der Waals surface area contributed by atoms with Crippen molar-refractivity contribution in [1.29, 1.82) is 0 Å². The minimum atomic E-state index is -0.261. The molecule has 0 amide bonds. The molecule has 5 heteroatoms. The van der Waals surface area contributed by atoms with Gasteiger partial charge in [-0.25, -0.2) is 4.98 Å². The Morgan fingerprint density at radius 3 is 2.44 bits per heavy atom. The quantitative estimate of drug-likeness (QED) is 0.566. The van der Waals surface area contributed by atoms with E-state index in [0.29, 0.717) is 22.3 Å². The molecule has 1 heterocycles. The molecule has 27 heavy (non-hydrogen) atoms. The Morgan fingerprint density at radius 1 is 0.963 bits per heavy atom. The lowest BCUT2D eigenvalue weighted by Gasteiger charge is -2.10. The Kier molecular flexibility index (Phi) is 4.26. The van der Waals surface area contributed by atoms with Gasteiger partial charge in [0.25, 0.3) is 5.56 Å². The van der Waals surface area contributed by atoms with E-state index in [1.165, 1.54) is 10.9 Å². The van der Waals surface area contributed by atoms with Gasteiger partial charge in [0.05, 0.1) is 17.1 Å². The molecule has 4 aromatic rings. The Balaban J connectivity index is 1.95. The minimum absolute atomic E-state index is 0.0972. The van der Waals surface area contributed by atoms with Crippen LogP contribution in [0.1, 0.15) is 11.1 Å². The minimum Gasteiger partial charge on any atom is -0.507 e. The molecule has 0 saturated heterocycles. The summed E-state index contributed by atoms with van der Waals surface area (Å²) in [6.45, 7) is 2.00. The second-order valence-corrected chi connectivity index (χ2v) is 6.24. The summed E-state index contributed by atoms with van der Waals surface area (Å²) >= 11 is 0. The summed E-state index contributed by atoms with van der Waals surface area (Å²) in [6.07, 6.45) is 1.46. The van der Waals surface area contributed by atoms with E-state index in [0.717, 1.165) is 11.1 Å². The van der Waals surface area contributed by atoms with Crippen LogP contribution >= 0.6 is 0 Å². The third kappa shape index (κ3) is 3.22. The standard InChI is InChI=1S/C22H17N3O2/c1-15-10-12-16(13-11-15)21-24-19-8-4-3-7-18(19)22(27)25(21)23-14-17-6-2-5-9-20(17)26/h2-14,26H,1H3. The summed E-state index contributed by atoms with van der Waals surface area (Å²) in [5.41, 5.74) is 2.78. The Labute approximate surface area is 155 Å². The van der Waals surface area contributed by atoms with Gasteiger partial charge in [0.15, 0.2) is 5.82 Å². The average Bonchev–Trinajstić information content (AvgIpc) is 2.69. The maximum atomic E-state index is 13.0. The maximum Gasteiger partial charge on any atom is 0.282 e. The Morgan fingerprint density at radius 2 is 1.67 bits per heavy atom. The van der Waals surface area contributed by atoms with Gasteiger partial charge in [-0.05, 0) is 31.2 Å². The van der Waals surface area contributed by atoms with Crippen LogP contribution in [0.25, 0.3) is 22.3 Å². The van der Waals surface area contributed by atoms with Gasteiger partial charge in [-0.2, -0.15) is 9.78 Å². The summed E-state index contributed by atoms with van der Waals surface area (Å²) in [5, 5.41) is 14.8. The van der Waals surface area contributed by atoms with Crippen molar-refractivity contribution in [2.75, 3.05) is 0 Å². The molecule has 0 unspecified atom stereocenters. The van der Waals surface area contributed by atoms with Gasteiger partial charge in [-0.15, -0.1) is 0 Å². The average molecular weight is 355 g/mol. The molecule has 0 atom stereocenters. The Bertz CT molecular complexity index is 1210. The summed E-state index contributed by atoms with van der Waals surface area (Å²) in [7, 11) is 0. The second-order valence-electron chi connectivity index (χ2n) is 6.24. The molecule has 0 aliphatic heterocycles. The van der Waals surface area contributed by atoms with Crippen molar-refractivity contribution in [2.24, 2.45) is 5.10 Å². The number of rotatable bonds is 3. The topological polar surface area (TPSA) is 67.5 Å². The fraction of sp³-hybridized carbons (Fsp3) is 0.0455. The fourth-order valence-electron chi connectivity index (χ4n) is 2.84. The van der Waals surface area contributed by atoms with Gasteiger partial charge in [0.1, 0.15) is 5.75 Å². The van der Waals surface area contributed by atoms with Crippen LogP contribution in [0, 0.1) is 6.92 Å². The van der Waals surface area contributed by atoms with Crippen LogP contribution in [-0.2, 0) is 0 Å². The summed E-state index contributed by atoms with van der Waals surface area (Å²) < 4.78 is 1.28. The number of aromatic nitrogens is 2. The zero-order chi connectivity index (χ0) is 18.8. The first kappa shape index (κ1) is 16.7. The van der Waals surface area contributed by atoms with Gasteiger partial charge in [0.2, 0.25) is 0 Å². The molecule has 0 aliphatic carbocycles. The molecule has 4 rings (SSSR count). The van der Waals surface area contributed by atoms with Crippen LogP contribution in [0.5, 0.6) is 5.75 Å². The molecule has 0 saturated carbocycles. The molecule has 0 aliphatic rings. The van der Waals surface area contributed by atoms with E-state index >= 15 is 0 Å². The van der Waals surface area contributed by atoms with Gasteiger partial charge < -0.3 is 5.11 Å². The van der Waals surface area contributed by atoms with E-state index in [9.17, 15) is 9.90 Å². The second kappa shape index (κ2) is 6.88. The maximum absolute atomic E-state index is 13.0. The van der Waals surface area contributed by atoms with Gasteiger partial charge in [0, 0.05) is 11.1 Å². The van der Waals surface area contributed by atoms with Gasteiger partial charge >= 0.3 is 0 Å². The summed E-state index contributed by atoms with van der Waals surface area (Å²) in [6, 6.07) is 21.8. The number of phenols is 1. The highest BCUT2D eigenvalue weighted by Gasteiger charge is 2.12. The molecule has 5 nitrogen and oxygen atoms in total. The van der Waals surface area contributed by atoms with E-state index in [-0.39, 0.29) is 11.3 Å². The predicted octanol–water partition coefficient (Wildman–Crippen LogP) is 3.96. The van der Waals surface area contributed by atoms with Crippen LogP contribution in [0.3, 0.4) is 0 Å². The molecule has 0 fully saturated rings. The highest BCUT2D eigenvalue weighted by Crippen LogP contribution is 2.20. The van der Waals surface area contributed by atoms with Crippen LogP contribution in [-0.4, -0.2) is 21.0 Å². The number of phenolic OH excluding ortho intramolecular Hbond substituents is 1. The van der Waals surface area contributed by atoms with Crippen LogP contribution < -0.4 is 5.56 Å². The molecule has 132 valence electrons. The molecular weight excluding hydrogens is 338 g/mol. The first-order valence-electron chi connectivity index (χ1n) is 8.55. The van der Waals surface area contributed by atoms with Crippen LogP contribution in [0.15, 0.2) is 82.7 Å². The van der Waals surface area contributed by atoms with Crippen molar-refractivity contribution < 1.29 is 5.11 Å². The highest BCUT2D eigenvalue weighted by atomic mass is 16.3. The Hall–Kier alpha value is -3.73. The highest BCUT2D eigenvalue weighted by molar-refractivity contribution is 5.84. The fourth-order valence-corrected chi connectivity index (χ4v) is 2.84. The first-order chi connectivity index (χ1) is 13.1. The molecular formula is C22H17N3O2. The molecule has 1 N–H and O–H groups in total.